The van der Waals surface area contributed by atoms with Gasteiger partial charge in [-0.05, 0) is 19.3 Å². The summed E-state index contributed by atoms with van der Waals surface area (Å²) in [5, 5.41) is 2.66. The van der Waals surface area contributed by atoms with E-state index in [-0.39, 0.29) is 17.8 Å². The highest BCUT2D eigenvalue weighted by Gasteiger charge is 2.20. The number of alkyl halides is 1. The fourth-order valence-corrected chi connectivity index (χ4v) is 1.42. The molecule has 1 aliphatic rings. The maximum Gasteiger partial charge on any atom is 0.324 e. The monoisotopic (exact) mass is 204 g/mol. The lowest BCUT2D eigenvalue weighted by Crippen LogP contribution is -2.46. The normalized spacial score (nSPS) is 18.8. The first-order valence-electron chi connectivity index (χ1n) is 4.40. The summed E-state index contributed by atoms with van der Waals surface area (Å²) in [6.45, 7) is 1.13. The van der Waals surface area contributed by atoms with Crippen LogP contribution in [0.3, 0.4) is 0 Å². The lowest BCUT2D eigenvalue weighted by molar-refractivity contribution is -0.125. The number of halogens is 1. The van der Waals surface area contributed by atoms with Gasteiger partial charge in [-0.3, -0.25) is 9.69 Å². The fourth-order valence-electron chi connectivity index (χ4n) is 1.27. The van der Waals surface area contributed by atoms with Crippen LogP contribution in [0, 0.1) is 0 Å². The SMILES string of the molecule is O=C(CCl)N1CCCCCNC1=O. The molecule has 0 aromatic heterocycles. The number of nitrogens with zero attached hydrogens (tertiary/aromatic N) is 1. The van der Waals surface area contributed by atoms with Crippen molar-refractivity contribution in [2.75, 3.05) is 19.0 Å². The summed E-state index contributed by atoms with van der Waals surface area (Å²) in [6.07, 6.45) is 2.89. The Balaban J connectivity index is 2.56. The number of hydrogen-bond donors (Lipinski definition) is 1. The molecule has 1 heterocycles. The Morgan fingerprint density at radius 3 is 2.92 bits per heavy atom. The summed E-state index contributed by atoms with van der Waals surface area (Å²) in [5.74, 6) is -0.450. The molecule has 0 aromatic rings. The molecule has 74 valence electrons. The number of hydrogen-bond acceptors (Lipinski definition) is 2. The Morgan fingerprint density at radius 2 is 2.23 bits per heavy atom. The van der Waals surface area contributed by atoms with Crippen molar-refractivity contribution in [3.05, 3.63) is 0 Å². The highest BCUT2D eigenvalue weighted by Crippen LogP contribution is 2.04. The van der Waals surface area contributed by atoms with Gasteiger partial charge >= 0.3 is 6.03 Å². The van der Waals surface area contributed by atoms with Gasteiger partial charge in [0.1, 0.15) is 5.88 Å². The van der Waals surface area contributed by atoms with Crippen LogP contribution >= 0.6 is 11.6 Å². The van der Waals surface area contributed by atoms with Gasteiger partial charge in [-0.15, -0.1) is 11.6 Å². The molecule has 4 nitrogen and oxygen atoms in total. The van der Waals surface area contributed by atoms with Gasteiger partial charge in [-0.1, -0.05) is 0 Å². The summed E-state index contributed by atoms with van der Waals surface area (Å²) in [6, 6.07) is -0.314. The number of carbonyl (C=O) groups is 2. The van der Waals surface area contributed by atoms with E-state index >= 15 is 0 Å². The first-order chi connectivity index (χ1) is 6.25. The first-order valence-corrected chi connectivity index (χ1v) is 4.93. The van der Waals surface area contributed by atoms with Crippen molar-refractivity contribution >= 4 is 23.5 Å². The zero-order valence-corrected chi connectivity index (χ0v) is 8.14. The third-order valence-electron chi connectivity index (χ3n) is 2.00. The van der Waals surface area contributed by atoms with Crippen molar-refractivity contribution in [3.63, 3.8) is 0 Å². The third kappa shape index (κ3) is 2.88. The van der Waals surface area contributed by atoms with E-state index in [0.29, 0.717) is 13.1 Å². The summed E-state index contributed by atoms with van der Waals surface area (Å²) >= 11 is 5.37. The number of urea groups is 1. The zero-order valence-electron chi connectivity index (χ0n) is 7.38. The molecule has 0 saturated carbocycles. The van der Waals surface area contributed by atoms with Crippen molar-refractivity contribution < 1.29 is 9.59 Å². The topological polar surface area (TPSA) is 49.4 Å². The van der Waals surface area contributed by atoms with E-state index in [2.05, 4.69) is 5.32 Å². The molecule has 5 heteroatoms. The second kappa shape index (κ2) is 5.07. The van der Waals surface area contributed by atoms with Gasteiger partial charge in [-0.2, -0.15) is 0 Å². The van der Waals surface area contributed by atoms with E-state index in [1.807, 2.05) is 0 Å². The number of nitrogens with one attached hydrogen (secondary N) is 1. The summed E-state index contributed by atoms with van der Waals surface area (Å²) in [7, 11) is 0. The standard InChI is InChI=1S/C8H13ClN2O2/c9-6-7(12)11-5-3-1-2-4-10-8(11)13/h1-6H2,(H,10,13). The molecule has 0 spiro atoms. The van der Waals surface area contributed by atoms with Gasteiger partial charge < -0.3 is 5.32 Å². The molecule has 0 aliphatic carbocycles. The Labute approximate surface area is 82.2 Å². The first kappa shape index (κ1) is 10.3. The molecule has 0 radical (unpaired) electrons. The van der Waals surface area contributed by atoms with E-state index in [0.717, 1.165) is 19.3 Å². The summed E-state index contributed by atoms with van der Waals surface area (Å²) in [4.78, 5) is 23.7. The van der Waals surface area contributed by atoms with Crippen molar-refractivity contribution in [1.29, 1.82) is 0 Å². The largest absolute Gasteiger partial charge is 0.338 e. The van der Waals surface area contributed by atoms with Crippen LogP contribution in [0.2, 0.25) is 0 Å². The van der Waals surface area contributed by atoms with E-state index in [1.54, 1.807) is 0 Å². The second-order valence-electron chi connectivity index (χ2n) is 2.97. The van der Waals surface area contributed by atoms with Crippen molar-refractivity contribution in [1.82, 2.24) is 10.2 Å². The molecule has 0 bridgehead atoms. The van der Waals surface area contributed by atoms with Crippen LogP contribution in [0.4, 0.5) is 4.79 Å². The van der Waals surface area contributed by atoms with Crippen LogP contribution < -0.4 is 5.32 Å². The van der Waals surface area contributed by atoms with Gasteiger partial charge in [0.2, 0.25) is 5.91 Å². The minimum atomic E-state index is -0.318. The Morgan fingerprint density at radius 1 is 1.46 bits per heavy atom. The predicted octanol–water partition coefficient (Wildman–Crippen LogP) is 0.947. The lowest BCUT2D eigenvalue weighted by atomic mass is 10.2. The molecular formula is C8H13ClN2O2. The molecule has 1 rings (SSSR count). The average molecular weight is 205 g/mol. The summed E-state index contributed by atoms with van der Waals surface area (Å²) < 4.78 is 0. The van der Waals surface area contributed by atoms with Crippen molar-refractivity contribution in [2.24, 2.45) is 0 Å². The maximum atomic E-state index is 11.3. The van der Waals surface area contributed by atoms with Crippen LogP contribution in [-0.4, -0.2) is 35.8 Å². The quantitative estimate of drug-likeness (QED) is 0.647. The van der Waals surface area contributed by atoms with Crippen molar-refractivity contribution in [3.8, 4) is 0 Å². The van der Waals surface area contributed by atoms with E-state index in [9.17, 15) is 9.59 Å². The summed E-state index contributed by atoms with van der Waals surface area (Å²) in [5.41, 5.74) is 0. The van der Waals surface area contributed by atoms with E-state index < -0.39 is 0 Å². The number of amides is 3. The molecule has 0 aromatic carbocycles. The second-order valence-corrected chi connectivity index (χ2v) is 3.24. The minimum absolute atomic E-state index is 0.132. The van der Waals surface area contributed by atoms with Crippen LogP contribution in [0.25, 0.3) is 0 Å². The lowest BCUT2D eigenvalue weighted by Gasteiger charge is -2.22. The van der Waals surface area contributed by atoms with Crippen LogP contribution in [0.15, 0.2) is 0 Å². The molecule has 1 saturated heterocycles. The Bertz CT molecular complexity index is 208. The van der Waals surface area contributed by atoms with E-state index in [1.165, 1.54) is 4.90 Å². The highest BCUT2D eigenvalue weighted by atomic mass is 35.5. The van der Waals surface area contributed by atoms with Gasteiger partial charge in [0.15, 0.2) is 0 Å². The number of imide groups is 1. The van der Waals surface area contributed by atoms with Gasteiger partial charge in [0.25, 0.3) is 0 Å². The smallest absolute Gasteiger partial charge is 0.324 e. The Hall–Kier alpha value is -0.770. The molecule has 3 amide bonds. The van der Waals surface area contributed by atoms with Gasteiger partial charge in [-0.25, -0.2) is 4.79 Å². The molecule has 1 fully saturated rings. The van der Waals surface area contributed by atoms with Crippen LogP contribution in [0.1, 0.15) is 19.3 Å². The molecular weight excluding hydrogens is 192 g/mol. The van der Waals surface area contributed by atoms with Gasteiger partial charge in [0.05, 0.1) is 0 Å². The molecule has 13 heavy (non-hydrogen) atoms. The molecule has 1 N–H and O–H groups in total. The zero-order chi connectivity index (χ0) is 9.68. The van der Waals surface area contributed by atoms with Crippen molar-refractivity contribution in [2.45, 2.75) is 19.3 Å². The number of carbonyl (C=O) groups excluding carboxylic acids is 2. The van der Waals surface area contributed by atoms with Crippen LogP contribution in [-0.2, 0) is 4.79 Å². The van der Waals surface area contributed by atoms with Gasteiger partial charge in [0, 0.05) is 13.1 Å². The highest BCUT2D eigenvalue weighted by molar-refractivity contribution is 6.28. The third-order valence-corrected chi connectivity index (χ3v) is 2.22. The Kier molecular flexibility index (Phi) is 4.02. The number of rotatable bonds is 1. The van der Waals surface area contributed by atoms with E-state index in [4.69, 9.17) is 11.6 Å². The van der Waals surface area contributed by atoms with Crippen LogP contribution in [0.5, 0.6) is 0 Å². The fraction of sp³-hybridized carbons (Fsp3) is 0.750. The molecule has 1 aliphatic heterocycles. The molecule has 0 atom stereocenters. The minimum Gasteiger partial charge on any atom is -0.338 e. The molecule has 0 unspecified atom stereocenters. The predicted molar refractivity (Wildman–Crippen MR) is 49.7 cm³/mol. The maximum absolute atomic E-state index is 11.3. The average Bonchev–Trinajstić information content (AvgIpc) is 2.11.